The van der Waals surface area contributed by atoms with E-state index in [-0.39, 0.29) is 41.1 Å². The summed E-state index contributed by atoms with van der Waals surface area (Å²) >= 11 is 0. The lowest BCUT2D eigenvalue weighted by atomic mass is 9.78. The van der Waals surface area contributed by atoms with E-state index >= 15 is 4.39 Å². The Labute approximate surface area is 258 Å². The third-order valence-corrected chi connectivity index (χ3v) is 10.8. The van der Waals surface area contributed by atoms with Gasteiger partial charge in [-0.2, -0.15) is 9.97 Å². The number of rotatable bonds is 6. The van der Waals surface area contributed by atoms with Crippen molar-refractivity contribution in [2.75, 3.05) is 32.8 Å². The highest BCUT2D eigenvalue weighted by atomic mass is 19.1. The Bertz CT molecular complexity index is 1840. The van der Waals surface area contributed by atoms with Crippen molar-refractivity contribution >= 4 is 21.7 Å². The average Bonchev–Trinajstić information content (AvgIpc) is 3.62. The molecule has 2 bridgehead atoms. The number of phenolic OH excluding ortho intramolecular Hbond substituents is 1. The van der Waals surface area contributed by atoms with Crippen molar-refractivity contribution in [2.24, 2.45) is 5.92 Å². The molecule has 45 heavy (non-hydrogen) atoms. The first-order chi connectivity index (χ1) is 21.7. The number of aromatic hydroxyl groups is 1. The monoisotopic (exact) mass is 619 g/mol. The average molecular weight is 620 g/mol. The predicted octanol–water partition coefficient (Wildman–Crippen LogP) is 4.96. The number of pyridine rings is 1. The SMILES string of the molecule is CCc1c(F)ccc2cc(O)cc(-c3ncc4c(C56CNCC(C5)C(O)C6)nc(OC[C@@]56CCCN5C[C@H](F)C6)nc4c3F)c12. The maximum atomic E-state index is 16.9. The maximum absolute atomic E-state index is 16.9. The quantitative estimate of drug-likeness (QED) is 0.279. The molecule has 1 saturated carbocycles. The van der Waals surface area contributed by atoms with Crippen LogP contribution in [0.3, 0.4) is 0 Å². The van der Waals surface area contributed by atoms with Gasteiger partial charge in [0, 0.05) is 48.6 Å². The van der Waals surface area contributed by atoms with Crippen LogP contribution in [0, 0.1) is 17.6 Å². The van der Waals surface area contributed by atoms with E-state index in [2.05, 4.69) is 20.2 Å². The third-order valence-electron chi connectivity index (χ3n) is 10.8. The Morgan fingerprint density at radius 1 is 1.16 bits per heavy atom. The smallest absolute Gasteiger partial charge is 0.317 e. The van der Waals surface area contributed by atoms with Crippen molar-refractivity contribution < 1.29 is 28.1 Å². The van der Waals surface area contributed by atoms with Crippen LogP contribution in [0.25, 0.3) is 32.9 Å². The molecule has 8 nitrogen and oxygen atoms in total. The van der Waals surface area contributed by atoms with Crippen molar-refractivity contribution in [1.29, 1.82) is 0 Å². The molecule has 0 amide bonds. The van der Waals surface area contributed by atoms with Crippen LogP contribution in [-0.4, -0.2) is 80.7 Å². The lowest BCUT2D eigenvalue weighted by Gasteiger charge is -2.34. The number of piperidine rings is 1. The molecular weight excluding hydrogens is 583 g/mol. The molecule has 4 fully saturated rings. The number of aromatic nitrogens is 3. The molecule has 5 atom stereocenters. The predicted molar refractivity (Wildman–Crippen MR) is 163 cm³/mol. The molecule has 3 saturated heterocycles. The zero-order valence-corrected chi connectivity index (χ0v) is 25.1. The second-order valence-electron chi connectivity index (χ2n) is 13.5. The van der Waals surface area contributed by atoms with E-state index in [0.29, 0.717) is 72.7 Å². The van der Waals surface area contributed by atoms with Crippen molar-refractivity contribution in [2.45, 2.75) is 68.7 Å². The summed E-state index contributed by atoms with van der Waals surface area (Å²) < 4.78 is 52.6. The van der Waals surface area contributed by atoms with Crippen molar-refractivity contribution in [1.82, 2.24) is 25.2 Å². The number of alkyl halides is 1. The molecule has 1 aliphatic carbocycles. The second kappa shape index (κ2) is 10.5. The first-order valence-corrected chi connectivity index (χ1v) is 15.9. The van der Waals surface area contributed by atoms with Crippen LogP contribution >= 0.6 is 0 Å². The number of nitrogens with zero attached hydrogens (tertiary/aromatic N) is 4. The molecule has 2 aromatic heterocycles. The van der Waals surface area contributed by atoms with E-state index in [4.69, 9.17) is 9.72 Å². The van der Waals surface area contributed by atoms with Crippen molar-refractivity contribution in [3.8, 4) is 23.0 Å². The third kappa shape index (κ3) is 4.49. The van der Waals surface area contributed by atoms with E-state index in [9.17, 15) is 19.0 Å². The minimum atomic E-state index is -0.924. The lowest BCUT2D eigenvalue weighted by Crippen LogP contribution is -2.44. The Balaban J connectivity index is 1.30. The van der Waals surface area contributed by atoms with Crippen LogP contribution in [-0.2, 0) is 11.8 Å². The number of halogens is 3. The van der Waals surface area contributed by atoms with Gasteiger partial charge in [0.2, 0.25) is 0 Å². The van der Waals surface area contributed by atoms with Gasteiger partial charge in [-0.1, -0.05) is 13.0 Å². The van der Waals surface area contributed by atoms with Crippen LogP contribution in [0.15, 0.2) is 30.5 Å². The summed E-state index contributed by atoms with van der Waals surface area (Å²) in [6.07, 6.45) is 3.71. The molecule has 0 spiro atoms. The van der Waals surface area contributed by atoms with E-state index in [1.54, 1.807) is 12.3 Å². The normalized spacial score (nSPS) is 29.6. The molecule has 3 N–H and O–H groups in total. The fourth-order valence-electron chi connectivity index (χ4n) is 8.79. The van der Waals surface area contributed by atoms with Crippen LogP contribution in [0.2, 0.25) is 0 Å². The molecule has 4 aromatic rings. The summed E-state index contributed by atoms with van der Waals surface area (Å²) in [5.41, 5.74) is 0.128. The van der Waals surface area contributed by atoms with E-state index in [0.717, 1.165) is 19.4 Å². The van der Waals surface area contributed by atoms with Crippen molar-refractivity contribution in [3.63, 3.8) is 0 Å². The zero-order chi connectivity index (χ0) is 31.1. The highest BCUT2D eigenvalue weighted by molar-refractivity contribution is 6.01. The van der Waals surface area contributed by atoms with Crippen LogP contribution in [0.5, 0.6) is 11.8 Å². The molecule has 8 rings (SSSR count). The van der Waals surface area contributed by atoms with Crippen molar-refractivity contribution in [3.05, 3.63) is 53.4 Å². The summed E-state index contributed by atoms with van der Waals surface area (Å²) in [4.78, 5) is 16.2. The number of ether oxygens (including phenoxy) is 1. The number of hydrogen-bond acceptors (Lipinski definition) is 8. The number of aliphatic hydroxyl groups excluding tert-OH is 1. The largest absolute Gasteiger partial charge is 0.508 e. The van der Waals surface area contributed by atoms with E-state index in [1.807, 2.05) is 6.92 Å². The Hall–Kier alpha value is -3.54. The lowest BCUT2D eigenvalue weighted by molar-refractivity contribution is 0.107. The minimum Gasteiger partial charge on any atom is -0.508 e. The number of fused-ring (bicyclic) bond motifs is 5. The van der Waals surface area contributed by atoms with Gasteiger partial charge >= 0.3 is 6.01 Å². The standard InChI is InChI=1S/C34H36F3N5O3/c1-2-22-25(36)5-4-18-8-21(43)9-23(27(18)22)29-28(37)30-24(14-39-29)31(33-10-19(13-38-16-33)26(44)12-33)41-32(40-30)45-17-34-6-3-7-42(34)15-20(35)11-34/h4-5,8-9,14,19-20,26,38,43-44H,2-3,6-7,10-13,15-17H2,1H3/t19?,20-,26?,33?,34+/m1/s1. The molecule has 3 aliphatic heterocycles. The fraction of sp³-hybridized carbons (Fsp3) is 0.500. The molecular formula is C34H36F3N5O3. The maximum Gasteiger partial charge on any atom is 0.317 e. The van der Waals surface area contributed by atoms with E-state index < -0.39 is 34.9 Å². The van der Waals surface area contributed by atoms with Gasteiger partial charge in [-0.05, 0) is 79.1 Å². The van der Waals surface area contributed by atoms with Gasteiger partial charge in [-0.25, -0.2) is 13.2 Å². The highest BCUT2D eigenvalue weighted by Gasteiger charge is 2.51. The van der Waals surface area contributed by atoms with Gasteiger partial charge in [0.15, 0.2) is 5.82 Å². The number of aliphatic hydroxyl groups is 1. The van der Waals surface area contributed by atoms with Gasteiger partial charge in [0.25, 0.3) is 0 Å². The van der Waals surface area contributed by atoms with Gasteiger partial charge in [-0.3, -0.25) is 9.88 Å². The summed E-state index contributed by atoms with van der Waals surface area (Å²) in [7, 11) is 0. The second-order valence-corrected chi connectivity index (χ2v) is 13.5. The molecule has 0 radical (unpaired) electrons. The molecule has 4 aliphatic rings. The van der Waals surface area contributed by atoms with E-state index in [1.165, 1.54) is 18.2 Å². The molecule has 11 heteroatoms. The first kappa shape index (κ1) is 28.9. The first-order valence-electron chi connectivity index (χ1n) is 15.9. The summed E-state index contributed by atoms with van der Waals surface area (Å²) in [6, 6.07) is 5.83. The Kier molecular flexibility index (Phi) is 6.74. The number of nitrogens with one attached hydrogen (secondary N) is 1. The highest BCUT2D eigenvalue weighted by Crippen LogP contribution is 2.48. The molecule has 236 valence electrons. The van der Waals surface area contributed by atoms with Gasteiger partial charge in [0.1, 0.15) is 35.6 Å². The summed E-state index contributed by atoms with van der Waals surface area (Å²) in [5.74, 6) is -1.21. The zero-order valence-electron chi connectivity index (χ0n) is 25.1. The van der Waals surface area contributed by atoms with Gasteiger partial charge in [-0.15, -0.1) is 0 Å². The number of aryl methyl sites for hydroxylation is 1. The minimum absolute atomic E-state index is 0.000555. The van der Waals surface area contributed by atoms with Gasteiger partial charge in [0.05, 0.1) is 17.3 Å². The molecule has 5 heterocycles. The van der Waals surface area contributed by atoms with Crippen LogP contribution in [0.4, 0.5) is 13.2 Å². The Morgan fingerprint density at radius 3 is 2.87 bits per heavy atom. The molecule has 2 aromatic carbocycles. The van der Waals surface area contributed by atoms with Crippen LogP contribution < -0.4 is 10.1 Å². The summed E-state index contributed by atoms with van der Waals surface area (Å²) in [5, 5.41) is 26.3. The fourth-order valence-corrected chi connectivity index (χ4v) is 8.79. The summed E-state index contributed by atoms with van der Waals surface area (Å²) in [6.45, 7) is 4.43. The molecule has 3 unspecified atom stereocenters. The topological polar surface area (TPSA) is 104 Å². The van der Waals surface area contributed by atoms with Gasteiger partial charge < -0.3 is 20.3 Å². The number of hydrogen-bond donors (Lipinski definition) is 3. The Morgan fingerprint density at radius 2 is 2.02 bits per heavy atom. The number of phenols is 1. The number of benzene rings is 2. The van der Waals surface area contributed by atoms with Crippen LogP contribution in [0.1, 0.15) is 50.3 Å².